The first-order chi connectivity index (χ1) is 8.47. The van der Waals surface area contributed by atoms with Gasteiger partial charge in [-0.25, -0.2) is 13.1 Å². The first-order valence-electron chi connectivity index (χ1n) is 5.56. The second kappa shape index (κ2) is 5.88. The van der Waals surface area contributed by atoms with E-state index in [-0.39, 0.29) is 0 Å². The molecule has 96 valence electrons. The van der Waals surface area contributed by atoms with Crippen LogP contribution in [0, 0.1) is 63.2 Å². The number of aliphatic hydroxyl groups excluding tert-OH is 1. The molecule has 2 rings (SSSR count). The van der Waals surface area contributed by atoms with Crippen molar-refractivity contribution in [3.63, 3.8) is 0 Å². The Labute approximate surface area is 110 Å². The largest absolute Gasteiger partial charge is 0.391 e. The van der Waals surface area contributed by atoms with Gasteiger partial charge in [-0.1, -0.05) is 0 Å². The Balaban J connectivity index is 2.06. The Morgan fingerprint density at radius 1 is 1.00 bits per heavy atom. The summed E-state index contributed by atoms with van der Waals surface area (Å²) in [7, 11) is -3.40. The molecule has 2 aliphatic rings. The van der Waals surface area contributed by atoms with Crippen molar-refractivity contribution in [2.45, 2.75) is 12.1 Å². The van der Waals surface area contributed by atoms with Crippen LogP contribution in [0.5, 0.6) is 0 Å². The Morgan fingerprint density at radius 3 is 1.89 bits per heavy atom. The van der Waals surface area contributed by atoms with Gasteiger partial charge in [-0.05, 0) is 51.4 Å². The highest BCUT2D eigenvalue weighted by molar-refractivity contribution is 7.88. The minimum atomic E-state index is -3.40. The van der Waals surface area contributed by atoms with Crippen LogP contribution in [0.2, 0.25) is 0 Å². The molecule has 0 unspecified atom stereocenters. The number of hydrogen-bond acceptors (Lipinski definition) is 3. The molecule has 0 saturated heterocycles. The van der Waals surface area contributed by atoms with Gasteiger partial charge in [0.15, 0.2) is 0 Å². The van der Waals surface area contributed by atoms with Crippen molar-refractivity contribution in [3.05, 3.63) is 63.2 Å². The molecule has 18 heavy (non-hydrogen) atoms. The van der Waals surface area contributed by atoms with E-state index in [4.69, 9.17) is 0 Å². The van der Waals surface area contributed by atoms with Crippen LogP contribution in [0.1, 0.15) is 0 Å². The maximum atomic E-state index is 11.4. The molecule has 2 N–H and O–H groups in total. The van der Waals surface area contributed by atoms with Crippen molar-refractivity contribution < 1.29 is 13.5 Å². The molecule has 2 aliphatic carbocycles. The van der Waals surface area contributed by atoms with Gasteiger partial charge in [-0.2, -0.15) is 0 Å². The summed E-state index contributed by atoms with van der Waals surface area (Å²) in [6, 6.07) is -0.669. The Bertz CT molecular complexity index is 356. The first-order valence-corrected chi connectivity index (χ1v) is 7.45. The number of sulfonamides is 1. The zero-order valence-corrected chi connectivity index (χ0v) is 10.8. The van der Waals surface area contributed by atoms with E-state index in [1.54, 1.807) is 38.5 Å². The summed E-state index contributed by atoms with van der Waals surface area (Å²) in [6.07, 6.45) is 14.5. The molecule has 5 heteroatoms. The standard InChI is InChI=1S/C13H15NO3S/c1-18(16,17)14-12(10-6-2-3-7-10)13(15)11-8-4-5-9-11/h2-9,12-15H,1H3/t12-,13+/m1/s1. The van der Waals surface area contributed by atoms with Gasteiger partial charge in [0.05, 0.1) is 18.4 Å². The van der Waals surface area contributed by atoms with E-state index in [1.807, 2.05) is 12.8 Å². The lowest BCUT2D eigenvalue weighted by molar-refractivity contribution is 0.165. The van der Waals surface area contributed by atoms with Crippen LogP contribution in [0.25, 0.3) is 0 Å². The zero-order chi connectivity index (χ0) is 13.2. The van der Waals surface area contributed by atoms with Crippen LogP contribution in [0.4, 0.5) is 0 Å². The first kappa shape index (κ1) is 14.3. The third-order valence-corrected chi connectivity index (χ3v) is 3.42. The fraction of sp³-hybridized carbons (Fsp3) is 0.231. The molecule has 10 radical (unpaired) electrons. The number of nitrogens with one attached hydrogen (secondary N) is 1. The minimum absolute atomic E-state index is 0.669. The second-order valence-electron chi connectivity index (χ2n) is 4.25. The highest BCUT2D eigenvalue weighted by Gasteiger charge is 2.38. The fourth-order valence-corrected chi connectivity index (χ4v) is 2.65. The smallest absolute Gasteiger partial charge is 0.209 e. The molecule has 0 heterocycles. The van der Waals surface area contributed by atoms with E-state index in [9.17, 15) is 13.5 Å². The number of rotatable bonds is 5. The molecular formula is C13H15NO3S. The van der Waals surface area contributed by atoms with Crippen LogP contribution >= 0.6 is 0 Å². The molecular weight excluding hydrogens is 250 g/mol. The van der Waals surface area contributed by atoms with Gasteiger partial charge in [-0.3, -0.25) is 0 Å². The molecule has 0 aromatic heterocycles. The second-order valence-corrected chi connectivity index (χ2v) is 6.03. The minimum Gasteiger partial charge on any atom is -0.391 e. The van der Waals surface area contributed by atoms with Gasteiger partial charge >= 0.3 is 0 Å². The Morgan fingerprint density at radius 2 is 1.44 bits per heavy atom. The molecule has 2 atom stereocenters. The normalized spacial score (nSPS) is 26.6. The quantitative estimate of drug-likeness (QED) is 0.739. The SMILES string of the molecule is CS(=O)(=O)N[C@H]([C]1[CH][CH][CH][CH]1)[C@@H](O)[C]1[CH][CH][CH][CH]1. The van der Waals surface area contributed by atoms with Gasteiger partial charge < -0.3 is 5.11 Å². The lowest BCUT2D eigenvalue weighted by Crippen LogP contribution is -2.48. The summed E-state index contributed by atoms with van der Waals surface area (Å²) in [4.78, 5) is 0. The van der Waals surface area contributed by atoms with Crippen LogP contribution < -0.4 is 4.72 Å². The van der Waals surface area contributed by atoms with Crippen LogP contribution in [0.3, 0.4) is 0 Å². The number of hydrogen-bond donors (Lipinski definition) is 2. The third-order valence-electron chi connectivity index (χ3n) is 2.73. The van der Waals surface area contributed by atoms with E-state index in [0.717, 1.165) is 12.2 Å². The Hall–Kier alpha value is -0.130. The van der Waals surface area contributed by atoms with E-state index < -0.39 is 22.2 Å². The molecule has 0 bridgehead atoms. The molecule has 2 saturated carbocycles. The fourth-order valence-electron chi connectivity index (χ4n) is 1.92. The highest BCUT2D eigenvalue weighted by atomic mass is 32.2. The predicted molar refractivity (Wildman–Crippen MR) is 68.7 cm³/mol. The number of aliphatic hydroxyl groups is 1. The van der Waals surface area contributed by atoms with E-state index in [1.165, 1.54) is 0 Å². The predicted octanol–water partition coefficient (Wildman–Crippen LogP) is 0.0756. The molecule has 0 aromatic carbocycles. The van der Waals surface area contributed by atoms with Gasteiger partial charge in [0, 0.05) is 11.8 Å². The average molecular weight is 265 g/mol. The van der Waals surface area contributed by atoms with Crippen LogP contribution in [0.15, 0.2) is 0 Å². The van der Waals surface area contributed by atoms with E-state index in [0.29, 0.717) is 5.92 Å². The van der Waals surface area contributed by atoms with Crippen molar-refractivity contribution >= 4 is 10.0 Å². The van der Waals surface area contributed by atoms with Crippen molar-refractivity contribution in [1.29, 1.82) is 0 Å². The summed E-state index contributed by atoms with van der Waals surface area (Å²) in [5.41, 5.74) is 0. The van der Waals surface area contributed by atoms with Gasteiger partial charge in [0.1, 0.15) is 0 Å². The zero-order valence-electron chi connectivity index (χ0n) is 9.95. The van der Waals surface area contributed by atoms with Crippen molar-refractivity contribution in [3.8, 4) is 0 Å². The van der Waals surface area contributed by atoms with E-state index in [2.05, 4.69) is 4.72 Å². The van der Waals surface area contributed by atoms with Gasteiger partial charge in [0.2, 0.25) is 10.0 Å². The summed E-state index contributed by atoms with van der Waals surface area (Å²) in [6.45, 7) is 0. The summed E-state index contributed by atoms with van der Waals surface area (Å²) in [5, 5.41) is 10.3. The monoisotopic (exact) mass is 265 g/mol. The van der Waals surface area contributed by atoms with Crippen LogP contribution in [-0.4, -0.2) is 31.9 Å². The lowest BCUT2D eigenvalue weighted by atomic mass is 9.86. The lowest BCUT2D eigenvalue weighted by Gasteiger charge is -2.30. The molecule has 2 fully saturated rings. The van der Waals surface area contributed by atoms with Gasteiger partial charge in [-0.15, -0.1) is 0 Å². The van der Waals surface area contributed by atoms with Crippen molar-refractivity contribution in [2.75, 3.05) is 6.26 Å². The molecule has 0 amide bonds. The molecule has 0 aromatic rings. The average Bonchev–Trinajstić information content (AvgIpc) is 2.95. The highest BCUT2D eigenvalue weighted by Crippen LogP contribution is 2.34. The summed E-state index contributed by atoms with van der Waals surface area (Å²) >= 11 is 0. The van der Waals surface area contributed by atoms with E-state index >= 15 is 0 Å². The topological polar surface area (TPSA) is 66.4 Å². The van der Waals surface area contributed by atoms with Gasteiger partial charge in [0.25, 0.3) is 0 Å². The maximum Gasteiger partial charge on any atom is 0.209 e. The Kier molecular flexibility index (Phi) is 4.67. The molecule has 0 spiro atoms. The van der Waals surface area contributed by atoms with Crippen molar-refractivity contribution in [2.24, 2.45) is 0 Å². The summed E-state index contributed by atoms with van der Waals surface area (Å²) in [5.74, 6) is 1.44. The van der Waals surface area contributed by atoms with Crippen LogP contribution in [-0.2, 0) is 10.0 Å². The summed E-state index contributed by atoms with van der Waals surface area (Å²) < 4.78 is 25.2. The maximum absolute atomic E-state index is 11.4. The molecule has 4 nitrogen and oxygen atoms in total. The van der Waals surface area contributed by atoms with Crippen molar-refractivity contribution in [1.82, 2.24) is 4.72 Å². The molecule has 0 aliphatic heterocycles. The third kappa shape index (κ3) is 3.68.